The number of nitrogens with zero attached hydrogens (tertiary/aromatic N) is 1. The fraction of sp³-hybridized carbons (Fsp3) is 0.759. The predicted octanol–water partition coefficient (Wildman–Crippen LogP) is 3.00. The number of hydrogen-bond donors (Lipinski definition) is 3. The lowest BCUT2D eigenvalue weighted by Crippen LogP contribution is -2.58. The van der Waals surface area contributed by atoms with E-state index in [2.05, 4.69) is 29.5 Å². The van der Waals surface area contributed by atoms with Gasteiger partial charge >= 0.3 is 6.09 Å². The molecule has 218 valence electrons. The standard InChI is InChI=1S/C29H46N4O6/c1-4-10-22(25(34)27(36)30-16-5-2)31-26(35)23-13-9-17-33(23)28(37)24(20-11-7-6-8-12-20)32-29(38)39-21-15-14-19(3)18-21/h5,19-24H,2,4,6-18H2,1,3H3,(H,30,36)(H,31,35)(H,32,38)/t19?,21?,22?,23-,24?/m0/s1. The number of ketones is 1. The van der Waals surface area contributed by atoms with Crippen molar-refractivity contribution in [1.29, 1.82) is 0 Å². The number of likely N-dealkylation sites (tertiary alicyclic amines) is 1. The molecule has 10 nitrogen and oxygen atoms in total. The maximum absolute atomic E-state index is 13.9. The molecular formula is C29H46N4O6. The van der Waals surface area contributed by atoms with Crippen LogP contribution in [0.15, 0.2) is 12.7 Å². The van der Waals surface area contributed by atoms with E-state index in [1.807, 2.05) is 6.92 Å². The molecule has 3 aliphatic rings. The summed E-state index contributed by atoms with van der Waals surface area (Å²) in [5, 5.41) is 8.08. The zero-order valence-electron chi connectivity index (χ0n) is 23.5. The smallest absolute Gasteiger partial charge is 0.408 e. The van der Waals surface area contributed by atoms with Gasteiger partial charge in [-0.25, -0.2) is 4.79 Å². The van der Waals surface area contributed by atoms with Gasteiger partial charge in [0.2, 0.25) is 17.6 Å². The number of ether oxygens (including phenoxy) is 1. The van der Waals surface area contributed by atoms with Gasteiger partial charge in [-0.1, -0.05) is 45.6 Å². The zero-order valence-corrected chi connectivity index (χ0v) is 23.5. The van der Waals surface area contributed by atoms with Crippen LogP contribution in [0.5, 0.6) is 0 Å². The molecule has 1 heterocycles. The number of nitrogens with one attached hydrogen (secondary N) is 3. The van der Waals surface area contributed by atoms with Gasteiger partial charge in [0.1, 0.15) is 18.2 Å². The summed E-state index contributed by atoms with van der Waals surface area (Å²) in [7, 11) is 0. The van der Waals surface area contributed by atoms with Gasteiger partial charge in [-0.15, -0.1) is 6.58 Å². The Morgan fingerprint density at radius 1 is 1.00 bits per heavy atom. The van der Waals surface area contributed by atoms with Crippen LogP contribution >= 0.6 is 0 Å². The summed E-state index contributed by atoms with van der Waals surface area (Å²) in [6, 6.07) is -2.50. The van der Waals surface area contributed by atoms with Crippen LogP contribution in [0.1, 0.15) is 90.9 Å². The lowest BCUT2D eigenvalue weighted by molar-refractivity contribution is -0.143. The summed E-state index contributed by atoms with van der Waals surface area (Å²) < 4.78 is 5.66. The van der Waals surface area contributed by atoms with Crippen molar-refractivity contribution in [2.24, 2.45) is 11.8 Å². The molecule has 1 aliphatic heterocycles. The number of carbonyl (C=O) groups excluding carboxylic acids is 5. The summed E-state index contributed by atoms with van der Waals surface area (Å²) in [6.45, 7) is 8.08. The highest BCUT2D eigenvalue weighted by atomic mass is 16.6. The van der Waals surface area contributed by atoms with Crippen LogP contribution in [-0.4, -0.2) is 71.8 Å². The molecule has 5 atom stereocenters. The molecule has 3 N–H and O–H groups in total. The van der Waals surface area contributed by atoms with E-state index in [1.54, 1.807) is 0 Å². The molecule has 1 saturated heterocycles. The highest BCUT2D eigenvalue weighted by Gasteiger charge is 2.42. The predicted molar refractivity (Wildman–Crippen MR) is 147 cm³/mol. The molecule has 3 rings (SSSR count). The number of hydrogen-bond acceptors (Lipinski definition) is 6. The molecule has 4 unspecified atom stereocenters. The van der Waals surface area contributed by atoms with E-state index in [-0.39, 0.29) is 24.5 Å². The van der Waals surface area contributed by atoms with Gasteiger partial charge in [0.15, 0.2) is 0 Å². The first-order valence-corrected chi connectivity index (χ1v) is 14.8. The molecule has 2 aliphatic carbocycles. The highest BCUT2D eigenvalue weighted by Crippen LogP contribution is 2.30. The van der Waals surface area contributed by atoms with E-state index in [9.17, 15) is 24.0 Å². The van der Waals surface area contributed by atoms with E-state index in [4.69, 9.17) is 4.74 Å². The minimum Gasteiger partial charge on any atom is -0.446 e. The van der Waals surface area contributed by atoms with Gasteiger partial charge in [-0.05, 0) is 63.2 Å². The molecule has 0 radical (unpaired) electrons. The Morgan fingerprint density at radius 3 is 2.38 bits per heavy atom. The summed E-state index contributed by atoms with van der Waals surface area (Å²) in [5.74, 6) is -1.72. The molecule has 10 heteroatoms. The van der Waals surface area contributed by atoms with Crippen LogP contribution in [0.3, 0.4) is 0 Å². The lowest BCUT2D eigenvalue weighted by atomic mass is 9.83. The van der Waals surface area contributed by atoms with Crippen molar-refractivity contribution in [1.82, 2.24) is 20.9 Å². The minimum atomic E-state index is -0.971. The van der Waals surface area contributed by atoms with Crippen molar-refractivity contribution in [2.45, 2.75) is 115 Å². The van der Waals surface area contributed by atoms with Crippen LogP contribution in [0.25, 0.3) is 0 Å². The number of amides is 4. The van der Waals surface area contributed by atoms with Gasteiger partial charge in [0, 0.05) is 13.1 Å². The van der Waals surface area contributed by atoms with Crippen molar-refractivity contribution in [3.05, 3.63) is 12.7 Å². The van der Waals surface area contributed by atoms with E-state index < -0.39 is 41.8 Å². The SMILES string of the molecule is C=CCNC(=O)C(=O)C(CCC)NC(=O)[C@@H]1CCCN1C(=O)C(NC(=O)OC1CCC(C)C1)C1CCCCC1. The molecule has 4 amide bonds. The third-order valence-electron chi connectivity index (χ3n) is 8.26. The average Bonchev–Trinajstić information content (AvgIpc) is 3.59. The monoisotopic (exact) mass is 546 g/mol. The van der Waals surface area contributed by atoms with E-state index >= 15 is 0 Å². The molecule has 39 heavy (non-hydrogen) atoms. The number of Topliss-reactive ketones (excluding diaryl/α,β-unsaturated/α-hetero) is 1. The van der Waals surface area contributed by atoms with Crippen molar-refractivity contribution in [3.63, 3.8) is 0 Å². The Morgan fingerprint density at radius 2 is 1.74 bits per heavy atom. The molecule has 0 bridgehead atoms. The Hall–Kier alpha value is -2.91. The van der Waals surface area contributed by atoms with Crippen LogP contribution in [0, 0.1) is 11.8 Å². The number of carbonyl (C=O) groups is 5. The van der Waals surface area contributed by atoms with E-state index in [1.165, 1.54) is 11.0 Å². The van der Waals surface area contributed by atoms with E-state index in [0.29, 0.717) is 38.1 Å². The third-order valence-corrected chi connectivity index (χ3v) is 8.26. The summed E-state index contributed by atoms with van der Waals surface area (Å²) in [5.41, 5.74) is 0. The van der Waals surface area contributed by atoms with Gasteiger partial charge in [-0.2, -0.15) is 0 Å². The Kier molecular flexibility index (Phi) is 11.8. The third kappa shape index (κ3) is 8.54. The molecule has 0 aromatic carbocycles. The zero-order chi connectivity index (χ0) is 28.4. The first-order valence-electron chi connectivity index (χ1n) is 14.8. The average molecular weight is 547 g/mol. The molecule has 0 aromatic rings. The Balaban J connectivity index is 1.69. The fourth-order valence-corrected chi connectivity index (χ4v) is 6.14. The number of rotatable bonds is 12. The minimum absolute atomic E-state index is 0.0198. The first kappa shape index (κ1) is 30.6. The van der Waals surface area contributed by atoms with Gasteiger partial charge in [0.25, 0.3) is 5.91 Å². The molecule has 3 fully saturated rings. The maximum Gasteiger partial charge on any atom is 0.408 e. The van der Waals surface area contributed by atoms with Crippen LogP contribution in [-0.2, 0) is 23.9 Å². The van der Waals surface area contributed by atoms with Crippen molar-refractivity contribution in [2.75, 3.05) is 13.1 Å². The second-order valence-electron chi connectivity index (χ2n) is 11.4. The normalized spacial score (nSPS) is 24.9. The molecule has 2 saturated carbocycles. The maximum atomic E-state index is 13.9. The molecule has 0 spiro atoms. The Labute approximate surface area is 232 Å². The van der Waals surface area contributed by atoms with Gasteiger partial charge in [0.05, 0.1) is 6.04 Å². The van der Waals surface area contributed by atoms with Crippen LogP contribution in [0.2, 0.25) is 0 Å². The second-order valence-corrected chi connectivity index (χ2v) is 11.4. The Bertz CT molecular complexity index is 902. The van der Waals surface area contributed by atoms with Crippen LogP contribution in [0.4, 0.5) is 4.79 Å². The van der Waals surface area contributed by atoms with Gasteiger partial charge in [-0.3, -0.25) is 19.2 Å². The van der Waals surface area contributed by atoms with E-state index in [0.717, 1.165) is 51.4 Å². The highest BCUT2D eigenvalue weighted by molar-refractivity contribution is 6.38. The van der Waals surface area contributed by atoms with Crippen molar-refractivity contribution < 1.29 is 28.7 Å². The topological polar surface area (TPSA) is 134 Å². The first-order chi connectivity index (χ1) is 18.7. The quantitative estimate of drug-likeness (QED) is 0.255. The van der Waals surface area contributed by atoms with Crippen molar-refractivity contribution in [3.8, 4) is 0 Å². The summed E-state index contributed by atoms with van der Waals surface area (Å²) in [6.07, 6.45) is 10.2. The van der Waals surface area contributed by atoms with Crippen molar-refractivity contribution >= 4 is 29.6 Å². The largest absolute Gasteiger partial charge is 0.446 e. The van der Waals surface area contributed by atoms with Gasteiger partial charge < -0.3 is 25.6 Å². The fourth-order valence-electron chi connectivity index (χ4n) is 6.14. The second kappa shape index (κ2) is 15.0. The molecular weight excluding hydrogens is 500 g/mol. The molecule has 0 aromatic heterocycles. The summed E-state index contributed by atoms with van der Waals surface area (Å²) in [4.78, 5) is 66.6. The summed E-state index contributed by atoms with van der Waals surface area (Å²) >= 11 is 0. The number of alkyl carbamates (subject to hydrolysis) is 1. The lowest BCUT2D eigenvalue weighted by Gasteiger charge is -2.34. The van der Waals surface area contributed by atoms with Crippen LogP contribution < -0.4 is 16.0 Å².